The number of nitro benzene ring substituents is 1. The molecule has 0 atom stereocenters. The quantitative estimate of drug-likeness (QED) is 0.505. The van der Waals surface area contributed by atoms with Crippen molar-refractivity contribution >= 4 is 23.2 Å². The van der Waals surface area contributed by atoms with Gasteiger partial charge in [-0.15, -0.1) is 0 Å². The molecule has 2 amide bonds. The highest BCUT2D eigenvalue weighted by atomic mass is 16.6. The molecule has 0 spiro atoms. The van der Waals surface area contributed by atoms with E-state index in [0.717, 1.165) is 5.56 Å². The average molecular weight is 314 g/mol. The van der Waals surface area contributed by atoms with Gasteiger partial charge in [0.05, 0.1) is 4.92 Å². The molecular weight excluding hydrogens is 300 g/mol. The second-order valence-corrected chi connectivity index (χ2v) is 4.75. The normalized spacial score (nSPS) is 9.96. The number of rotatable bonds is 4. The van der Waals surface area contributed by atoms with E-state index in [1.165, 1.54) is 18.2 Å². The first-order chi connectivity index (χ1) is 11.0. The van der Waals surface area contributed by atoms with E-state index >= 15 is 0 Å². The van der Waals surface area contributed by atoms with E-state index < -0.39 is 16.7 Å². The first kappa shape index (κ1) is 16.1. The lowest BCUT2D eigenvalue weighted by Crippen LogP contribution is -2.34. The minimum Gasteiger partial charge on any atom is -0.344 e. The van der Waals surface area contributed by atoms with Gasteiger partial charge in [-0.05, 0) is 30.7 Å². The van der Waals surface area contributed by atoms with Gasteiger partial charge in [0, 0.05) is 36.3 Å². The van der Waals surface area contributed by atoms with Gasteiger partial charge in [-0.25, -0.2) is 0 Å². The molecule has 1 aromatic carbocycles. The summed E-state index contributed by atoms with van der Waals surface area (Å²) in [5.41, 5.74) is 1.33. The van der Waals surface area contributed by atoms with Crippen LogP contribution in [0.15, 0.2) is 42.7 Å². The van der Waals surface area contributed by atoms with Crippen LogP contribution >= 0.6 is 0 Å². The first-order valence-electron chi connectivity index (χ1n) is 6.70. The monoisotopic (exact) mass is 314 g/mol. The van der Waals surface area contributed by atoms with Gasteiger partial charge in [-0.3, -0.25) is 24.7 Å². The fraction of sp³-hybridized carbons (Fsp3) is 0.133. The van der Waals surface area contributed by atoms with Gasteiger partial charge in [0.25, 0.3) is 5.69 Å². The van der Waals surface area contributed by atoms with Gasteiger partial charge in [-0.1, -0.05) is 6.07 Å². The molecule has 0 unspecified atom stereocenters. The fourth-order valence-electron chi connectivity index (χ4n) is 1.83. The molecule has 0 radical (unpaired) electrons. The Hall–Kier alpha value is -3.29. The molecule has 1 heterocycles. The molecule has 8 nitrogen and oxygen atoms in total. The number of benzene rings is 1. The fourth-order valence-corrected chi connectivity index (χ4v) is 1.83. The van der Waals surface area contributed by atoms with Crippen molar-refractivity contribution in [1.82, 2.24) is 10.3 Å². The Labute approximate surface area is 131 Å². The van der Waals surface area contributed by atoms with E-state index in [1.807, 2.05) is 0 Å². The SMILES string of the molecule is Cc1ccc(NC(=O)C(=O)NCc2ccncc2)cc1[N+](=O)[O-]. The molecule has 0 saturated carbocycles. The molecule has 2 N–H and O–H groups in total. The summed E-state index contributed by atoms with van der Waals surface area (Å²) >= 11 is 0. The Bertz CT molecular complexity index is 746. The number of aromatic nitrogens is 1. The molecule has 23 heavy (non-hydrogen) atoms. The van der Waals surface area contributed by atoms with Crippen molar-refractivity contribution in [1.29, 1.82) is 0 Å². The number of pyridine rings is 1. The average Bonchev–Trinajstić information content (AvgIpc) is 2.55. The maximum absolute atomic E-state index is 11.8. The van der Waals surface area contributed by atoms with Crippen molar-refractivity contribution < 1.29 is 14.5 Å². The van der Waals surface area contributed by atoms with Gasteiger partial charge in [-0.2, -0.15) is 0 Å². The van der Waals surface area contributed by atoms with Crippen LogP contribution in [0.25, 0.3) is 0 Å². The Morgan fingerprint density at radius 3 is 2.52 bits per heavy atom. The number of nitro groups is 1. The Kier molecular flexibility index (Phi) is 4.98. The summed E-state index contributed by atoms with van der Waals surface area (Å²) in [5, 5.41) is 15.6. The summed E-state index contributed by atoms with van der Waals surface area (Å²) in [6.07, 6.45) is 3.15. The summed E-state index contributed by atoms with van der Waals surface area (Å²) in [7, 11) is 0. The van der Waals surface area contributed by atoms with Crippen molar-refractivity contribution in [3.05, 3.63) is 64.0 Å². The van der Waals surface area contributed by atoms with Crippen LogP contribution in [0.3, 0.4) is 0 Å². The first-order valence-corrected chi connectivity index (χ1v) is 6.70. The van der Waals surface area contributed by atoms with Gasteiger partial charge in [0.1, 0.15) is 0 Å². The van der Waals surface area contributed by atoms with Crippen molar-refractivity contribution in [3.63, 3.8) is 0 Å². The molecule has 0 aliphatic heterocycles. The van der Waals surface area contributed by atoms with Crippen LogP contribution in [0.5, 0.6) is 0 Å². The molecular formula is C15H14N4O4. The summed E-state index contributed by atoms with van der Waals surface area (Å²) in [6.45, 7) is 1.77. The number of carbonyl (C=O) groups is 2. The van der Waals surface area contributed by atoms with Gasteiger partial charge in [0.2, 0.25) is 0 Å². The van der Waals surface area contributed by atoms with Gasteiger partial charge < -0.3 is 10.6 Å². The second kappa shape index (κ2) is 7.12. The predicted molar refractivity (Wildman–Crippen MR) is 82.5 cm³/mol. The molecule has 2 rings (SSSR count). The zero-order valence-electron chi connectivity index (χ0n) is 12.3. The Balaban J connectivity index is 1.97. The number of nitrogens with zero attached hydrogens (tertiary/aromatic N) is 2. The molecule has 8 heteroatoms. The molecule has 0 saturated heterocycles. The van der Waals surface area contributed by atoms with Crippen molar-refractivity contribution in [2.75, 3.05) is 5.32 Å². The lowest BCUT2D eigenvalue weighted by atomic mass is 10.2. The van der Waals surface area contributed by atoms with Gasteiger partial charge >= 0.3 is 11.8 Å². The number of nitrogens with one attached hydrogen (secondary N) is 2. The van der Waals surface area contributed by atoms with Crippen LogP contribution in [0, 0.1) is 17.0 Å². The molecule has 0 bridgehead atoms. The van der Waals surface area contributed by atoms with Crippen LogP contribution in [-0.2, 0) is 16.1 Å². The predicted octanol–water partition coefficient (Wildman–Crippen LogP) is 1.55. The van der Waals surface area contributed by atoms with E-state index in [2.05, 4.69) is 15.6 Å². The summed E-state index contributed by atoms with van der Waals surface area (Å²) < 4.78 is 0. The maximum atomic E-state index is 11.8. The third-order valence-electron chi connectivity index (χ3n) is 3.07. The highest BCUT2D eigenvalue weighted by Crippen LogP contribution is 2.22. The van der Waals surface area contributed by atoms with Crippen LogP contribution in [0.4, 0.5) is 11.4 Å². The Morgan fingerprint density at radius 1 is 1.17 bits per heavy atom. The topological polar surface area (TPSA) is 114 Å². The highest BCUT2D eigenvalue weighted by molar-refractivity contribution is 6.39. The van der Waals surface area contributed by atoms with E-state index in [0.29, 0.717) is 5.56 Å². The summed E-state index contributed by atoms with van der Waals surface area (Å²) in [5.74, 6) is -1.72. The molecule has 0 aliphatic carbocycles. The number of hydrogen-bond donors (Lipinski definition) is 2. The largest absolute Gasteiger partial charge is 0.344 e. The second-order valence-electron chi connectivity index (χ2n) is 4.75. The third kappa shape index (κ3) is 4.34. The van der Waals surface area contributed by atoms with Crippen LogP contribution in [0.1, 0.15) is 11.1 Å². The zero-order valence-corrected chi connectivity index (χ0v) is 12.3. The number of anilines is 1. The lowest BCUT2D eigenvalue weighted by Gasteiger charge is -2.07. The number of amides is 2. The van der Waals surface area contributed by atoms with Crippen molar-refractivity contribution in [2.45, 2.75) is 13.5 Å². The summed E-state index contributed by atoms with van der Waals surface area (Å²) in [6, 6.07) is 7.63. The van der Waals surface area contributed by atoms with E-state index in [-0.39, 0.29) is 17.9 Å². The van der Waals surface area contributed by atoms with Crippen molar-refractivity contribution in [2.24, 2.45) is 0 Å². The summed E-state index contributed by atoms with van der Waals surface area (Å²) in [4.78, 5) is 37.7. The lowest BCUT2D eigenvalue weighted by molar-refractivity contribution is -0.385. The Morgan fingerprint density at radius 2 is 1.87 bits per heavy atom. The van der Waals surface area contributed by atoms with Crippen LogP contribution in [0.2, 0.25) is 0 Å². The van der Waals surface area contributed by atoms with Crippen LogP contribution < -0.4 is 10.6 Å². The van der Waals surface area contributed by atoms with Gasteiger partial charge in [0.15, 0.2) is 0 Å². The molecule has 2 aromatic rings. The number of carbonyl (C=O) groups excluding carboxylic acids is 2. The molecule has 1 aromatic heterocycles. The van der Waals surface area contributed by atoms with E-state index in [4.69, 9.17) is 0 Å². The minimum atomic E-state index is -0.891. The molecule has 0 aliphatic rings. The smallest absolute Gasteiger partial charge is 0.313 e. The van der Waals surface area contributed by atoms with E-state index in [1.54, 1.807) is 31.5 Å². The standard InChI is InChI=1S/C15H14N4O4/c1-10-2-3-12(8-13(10)19(22)23)18-15(21)14(20)17-9-11-4-6-16-7-5-11/h2-8H,9H2,1H3,(H,17,20)(H,18,21). The third-order valence-corrected chi connectivity index (χ3v) is 3.07. The zero-order chi connectivity index (χ0) is 16.8. The highest BCUT2D eigenvalue weighted by Gasteiger charge is 2.16. The molecule has 0 fully saturated rings. The maximum Gasteiger partial charge on any atom is 0.313 e. The molecule has 118 valence electrons. The number of hydrogen-bond acceptors (Lipinski definition) is 5. The number of aryl methyl sites for hydroxylation is 1. The minimum absolute atomic E-state index is 0.125. The van der Waals surface area contributed by atoms with E-state index in [9.17, 15) is 19.7 Å². The van der Waals surface area contributed by atoms with Crippen LogP contribution in [-0.4, -0.2) is 21.7 Å². The van der Waals surface area contributed by atoms with Crippen molar-refractivity contribution in [3.8, 4) is 0 Å².